The van der Waals surface area contributed by atoms with E-state index in [1.165, 1.54) is 0 Å². The van der Waals surface area contributed by atoms with Gasteiger partial charge in [-0.05, 0) is 41.0 Å². The first-order valence-corrected chi connectivity index (χ1v) is 9.24. The van der Waals surface area contributed by atoms with Crippen molar-refractivity contribution in [2.24, 2.45) is 0 Å². The molecule has 0 aliphatic rings. The molecule has 0 aliphatic heterocycles. The molecular formula is C23H25NO3. The SMILES string of the molecule is CCC(=O)NCCc1c(OCc2ccccc2)ccc2ccc(OC)cc12. The van der Waals surface area contributed by atoms with Crippen molar-refractivity contribution in [1.82, 2.24) is 5.32 Å². The summed E-state index contributed by atoms with van der Waals surface area (Å²) in [6, 6.07) is 20.2. The molecule has 3 rings (SSSR count). The standard InChI is InChI=1S/C23H25NO3/c1-3-23(25)24-14-13-20-21-15-19(26-2)11-9-18(21)10-12-22(20)27-16-17-7-5-4-6-8-17/h4-12,15H,3,13-14,16H2,1-2H3,(H,24,25). The molecule has 4 heteroatoms. The number of hydrogen-bond acceptors (Lipinski definition) is 3. The molecule has 3 aromatic rings. The average molecular weight is 363 g/mol. The minimum Gasteiger partial charge on any atom is -0.497 e. The lowest BCUT2D eigenvalue weighted by molar-refractivity contribution is -0.120. The smallest absolute Gasteiger partial charge is 0.219 e. The molecule has 140 valence electrons. The van der Waals surface area contributed by atoms with Gasteiger partial charge in [0.2, 0.25) is 5.91 Å². The van der Waals surface area contributed by atoms with E-state index in [1.807, 2.05) is 61.5 Å². The third kappa shape index (κ3) is 4.79. The zero-order valence-corrected chi connectivity index (χ0v) is 15.8. The molecule has 1 amide bonds. The molecule has 0 saturated heterocycles. The Bertz CT molecular complexity index is 906. The molecular weight excluding hydrogens is 338 g/mol. The molecule has 0 atom stereocenters. The van der Waals surface area contributed by atoms with E-state index in [1.54, 1.807) is 7.11 Å². The molecule has 0 fully saturated rings. The number of amides is 1. The second-order valence-corrected chi connectivity index (χ2v) is 6.36. The average Bonchev–Trinajstić information content (AvgIpc) is 2.73. The number of carbonyl (C=O) groups excluding carboxylic acids is 1. The monoisotopic (exact) mass is 363 g/mol. The Balaban J connectivity index is 1.89. The minimum absolute atomic E-state index is 0.0552. The second-order valence-electron chi connectivity index (χ2n) is 6.36. The number of nitrogens with one attached hydrogen (secondary N) is 1. The van der Waals surface area contributed by atoms with Crippen molar-refractivity contribution in [3.05, 3.63) is 71.8 Å². The van der Waals surface area contributed by atoms with Gasteiger partial charge in [-0.25, -0.2) is 0 Å². The Morgan fingerprint density at radius 1 is 1.04 bits per heavy atom. The van der Waals surface area contributed by atoms with Crippen molar-refractivity contribution in [2.45, 2.75) is 26.4 Å². The number of carbonyl (C=O) groups is 1. The molecule has 3 aromatic carbocycles. The van der Waals surface area contributed by atoms with Crippen LogP contribution in [0.2, 0.25) is 0 Å². The number of fused-ring (bicyclic) bond motifs is 1. The largest absolute Gasteiger partial charge is 0.497 e. The van der Waals surface area contributed by atoms with Gasteiger partial charge >= 0.3 is 0 Å². The molecule has 0 bridgehead atoms. The van der Waals surface area contributed by atoms with Crippen molar-refractivity contribution in [1.29, 1.82) is 0 Å². The first-order chi connectivity index (χ1) is 13.2. The van der Waals surface area contributed by atoms with Crippen LogP contribution in [0.1, 0.15) is 24.5 Å². The molecule has 1 N–H and O–H groups in total. The lowest BCUT2D eigenvalue weighted by atomic mass is 10.0. The van der Waals surface area contributed by atoms with Crippen LogP contribution in [0.4, 0.5) is 0 Å². The number of benzene rings is 3. The van der Waals surface area contributed by atoms with E-state index < -0.39 is 0 Å². The van der Waals surface area contributed by atoms with Gasteiger partial charge in [-0.1, -0.05) is 49.4 Å². The van der Waals surface area contributed by atoms with Crippen LogP contribution in [-0.2, 0) is 17.8 Å². The van der Waals surface area contributed by atoms with Crippen LogP contribution < -0.4 is 14.8 Å². The van der Waals surface area contributed by atoms with E-state index in [9.17, 15) is 4.79 Å². The van der Waals surface area contributed by atoms with Crippen LogP contribution >= 0.6 is 0 Å². The van der Waals surface area contributed by atoms with Gasteiger partial charge in [-0.3, -0.25) is 4.79 Å². The van der Waals surface area contributed by atoms with Crippen LogP contribution in [0.5, 0.6) is 11.5 Å². The van der Waals surface area contributed by atoms with Crippen LogP contribution in [0, 0.1) is 0 Å². The zero-order valence-electron chi connectivity index (χ0n) is 15.8. The highest BCUT2D eigenvalue weighted by atomic mass is 16.5. The van der Waals surface area contributed by atoms with Crippen molar-refractivity contribution in [2.75, 3.05) is 13.7 Å². The Hall–Kier alpha value is -3.01. The van der Waals surface area contributed by atoms with Crippen molar-refractivity contribution >= 4 is 16.7 Å². The van der Waals surface area contributed by atoms with Gasteiger partial charge < -0.3 is 14.8 Å². The summed E-state index contributed by atoms with van der Waals surface area (Å²) in [6.07, 6.45) is 1.18. The topological polar surface area (TPSA) is 47.6 Å². The molecule has 4 nitrogen and oxygen atoms in total. The highest BCUT2D eigenvalue weighted by Gasteiger charge is 2.11. The van der Waals surface area contributed by atoms with E-state index >= 15 is 0 Å². The van der Waals surface area contributed by atoms with Crippen molar-refractivity contribution < 1.29 is 14.3 Å². The molecule has 0 aliphatic carbocycles. The van der Waals surface area contributed by atoms with Crippen molar-refractivity contribution in [3.8, 4) is 11.5 Å². The van der Waals surface area contributed by atoms with Gasteiger partial charge in [0.25, 0.3) is 0 Å². The van der Waals surface area contributed by atoms with E-state index in [4.69, 9.17) is 9.47 Å². The maximum absolute atomic E-state index is 11.6. The Labute approximate surface area is 160 Å². The molecule has 0 spiro atoms. The predicted octanol–water partition coefficient (Wildman–Crippen LogP) is 4.50. The fourth-order valence-electron chi connectivity index (χ4n) is 3.05. The molecule has 0 saturated carbocycles. The minimum atomic E-state index is 0.0552. The summed E-state index contributed by atoms with van der Waals surface area (Å²) in [6.45, 7) is 2.93. The summed E-state index contributed by atoms with van der Waals surface area (Å²) in [7, 11) is 1.66. The van der Waals surface area contributed by atoms with Gasteiger partial charge in [0.1, 0.15) is 18.1 Å². The molecule has 0 radical (unpaired) electrons. The summed E-state index contributed by atoms with van der Waals surface area (Å²) in [5.74, 6) is 1.70. The maximum atomic E-state index is 11.6. The molecule has 0 aromatic heterocycles. The normalized spacial score (nSPS) is 10.6. The Morgan fingerprint density at radius 3 is 2.56 bits per heavy atom. The highest BCUT2D eigenvalue weighted by Crippen LogP contribution is 2.31. The fraction of sp³-hybridized carbons (Fsp3) is 0.261. The lowest BCUT2D eigenvalue weighted by Gasteiger charge is -2.15. The first kappa shape index (κ1) is 18.8. The summed E-state index contributed by atoms with van der Waals surface area (Å²) in [5, 5.41) is 5.16. The number of ether oxygens (including phenoxy) is 2. The van der Waals surface area contributed by atoms with E-state index in [2.05, 4.69) is 11.4 Å². The van der Waals surface area contributed by atoms with Crippen LogP contribution in [0.15, 0.2) is 60.7 Å². The Kier molecular flexibility index (Phi) is 6.31. The molecule has 0 heterocycles. The highest BCUT2D eigenvalue weighted by molar-refractivity contribution is 5.89. The maximum Gasteiger partial charge on any atom is 0.219 e. The fourth-order valence-corrected chi connectivity index (χ4v) is 3.05. The summed E-state index contributed by atoms with van der Waals surface area (Å²) >= 11 is 0. The first-order valence-electron chi connectivity index (χ1n) is 9.24. The molecule has 0 unspecified atom stereocenters. The van der Waals surface area contributed by atoms with E-state index in [-0.39, 0.29) is 5.91 Å². The van der Waals surface area contributed by atoms with Crippen molar-refractivity contribution in [3.63, 3.8) is 0 Å². The van der Waals surface area contributed by atoms with Crippen LogP contribution in [0.3, 0.4) is 0 Å². The van der Waals surface area contributed by atoms with Crippen LogP contribution in [-0.4, -0.2) is 19.6 Å². The van der Waals surface area contributed by atoms with E-state index in [0.717, 1.165) is 33.4 Å². The summed E-state index contributed by atoms with van der Waals surface area (Å²) in [5.41, 5.74) is 2.20. The summed E-state index contributed by atoms with van der Waals surface area (Å²) in [4.78, 5) is 11.6. The molecule has 27 heavy (non-hydrogen) atoms. The van der Waals surface area contributed by atoms with Gasteiger partial charge in [-0.15, -0.1) is 0 Å². The quantitative estimate of drug-likeness (QED) is 0.641. The third-order valence-electron chi connectivity index (χ3n) is 4.55. The number of methoxy groups -OCH3 is 1. The second kappa shape index (κ2) is 9.08. The lowest BCUT2D eigenvalue weighted by Crippen LogP contribution is -2.24. The van der Waals surface area contributed by atoms with Crippen LogP contribution in [0.25, 0.3) is 10.8 Å². The van der Waals surface area contributed by atoms with Gasteiger partial charge in [0.05, 0.1) is 7.11 Å². The number of rotatable bonds is 8. The predicted molar refractivity (Wildman–Crippen MR) is 108 cm³/mol. The Morgan fingerprint density at radius 2 is 1.81 bits per heavy atom. The zero-order chi connectivity index (χ0) is 19.1. The van der Waals surface area contributed by atoms with Gasteiger partial charge in [0, 0.05) is 18.5 Å². The number of hydrogen-bond donors (Lipinski definition) is 1. The third-order valence-corrected chi connectivity index (χ3v) is 4.55. The van der Waals surface area contributed by atoms with Gasteiger partial charge in [-0.2, -0.15) is 0 Å². The summed E-state index contributed by atoms with van der Waals surface area (Å²) < 4.78 is 11.5. The van der Waals surface area contributed by atoms with Gasteiger partial charge in [0.15, 0.2) is 0 Å². The van der Waals surface area contributed by atoms with E-state index in [0.29, 0.717) is 26.0 Å².